The van der Waals surface area contributed by atoms with Crippen molar-refractivity contribution in [3.8, 4) is 6.07 Å². The van der Waals surface area contributed by atoms with E-state index >= 15 is 0 Å². The average Bonchev–Trinajstić information content (AvgIpc) is 2.96. The van der Waals surface area contributed by atoms with Crippen LogP contribution in [0.25, 0.3) is 0 Å². The summed E-state index contributed by atoms with van der Waals surface area (Å²) in [5.41, 5.74) is 7.01. The van der Waals surface area contributed by atoms with Gasteiger partial charge in [-0.1, -0.05) is 23.9 Å². The molecule has 4 fully saturated rings. The maximum atomic E-state index is 13.9. The van der Waals surface area contributed by atoms with E-state index < -0.39 is 11.2 Å². The molecule has 0 unspecified atom stereocenters. The molecule has 4 saturated carbocycles. The Hall–Kier alpha value is -1.80. The molecular weight excluding hydrogens is 359 g/mol. The van der Waals surface area contributed by atoms with Crippen LogP contribution >= 0.6 is 11.8 Å². The second-order valence-electron chi connectivity index (χ2n) is 9.02. The smallest absolute Gasteiger partial charge is 0.153 e. The van der Waals surface area contributed by atoms with Gasteiger partial charge in [-0.25, -0.2) is 4.39 Å². The summed E-state index contributed by atoms with van der Waals surface area (Å²) < 4.78 is 13.9. The van der Waals surface area contributed by atoms with E-state index in [1.807, 2.05) is 6.07 Å². The minimum Gasteiger partial charge on any atom is -0.393 e. The molecule has 5 heteroatoms. The summed E-state index contributed by atoms with van der Waals surface area (Å²) in [6, 6.07) is 8.49. The van der Waals surface area contributed by atoms with Crippen molar-refractivity contribution in [2.45, 2.75) is 49.7 Å². The van der Waals surface area contributed by atoms with Crippen LogP contribution in [0, 0.1) is 40.3 Å². The number of nitrogens with zero attached hydrogens (tertiary/aromatic N) is 1. The van der Waals surface area contributed by atoms with Crippen molar-refractivity contribution < 1.29 is 9.18 Å². The van der Waals surface area contributed by atoms with Gasteiger partial charge in [0.2, 0.25) is 0 Å². The summed E-state index contributed by atoms with van der Waals surface area (Å²) in [6.07, 6.45) is 6.82. The van der Waals surface area contributed by atoms with E-state index in [1.165, 1.54) is 43.2 Å². The lowest BCUT2D eigenvalue weighted by Crippen LogP contribution is -2.52. The molecule has 1 heterocycles. The van der Waals surface area contributed by atoms with E-state index in [1.54, 1.807) is 6.07 Å². The van der Waals surface area contributed by atoms with Gasteiger partial charge in [0.05, 0.1) is 21.9 Å². The van der Waals surface area contributed by atoms with E-state index in [9.17, 15) is 14.4 Å². The zero-order valence-corrected chi connectivity index (χ0v) is 16.0. The molecule has 1 aliphatic heterocycles. The second-order valence-corrected chi connectivity index (χ2v) is 10.2. The molecule has 3 nitrogen and oxygen atoms in total. The number of allylic oxidation sites excluding steroid dienone is 1. The molecule has 0 radical (unpaired) electrons. The number of hydrogen-bond acceptors (Lipinski definition) is 4. The lowest BCUT2D eigenvalue weighted by Gasteiger charge is -2.56. The van der Waals surface area contributed by atoms with Crippen molar-refractivity contribution in [2.24, 2.45) is 28.9 Å². The summed E-state index contributed by atoms with van der Waals surface area (Å²) in [7, 11) is 0. The molecule has 2 atom stereocenters. The van der Waals surface area contributed by atoms with Gasteiger partial charge in [-0.05, 0) is 74.0 Å². The number of carbonyl (C=O) groups is 1. The predicted octanol–water partition coefficient (Wildman–Crippen LogP) is 4.50. The first kappa shape index (κ1) is 17.3. The first-order valence-electron chi connectivity index (χ1n) is 9.85. The number of ketones is 1. The zero-order valence-electron chi connectivity index (χ0n) is 15.2. The van der Waals surface area contributed by atoms with Gasteiger partial charge in [-0.2, -0.15) is 5.26 Å². The van der Waals surface area contributed by atoms with Gasteiger partial charge in [-0.15, -0.1) is 0 Å². The Balaban J connectivity index is 1.52. The van der Waals surface area contributed by atoms with E-state index in [-0.39, 0.29) is 17.0 Å². The van der Waals surface area contributed by atoms with Crippen LogP contribution in [-0.4, -0.2) is 11.0 Å². The SMILES string of the molecule is N#CC1=C(N)S[C@H](C(=O)C23CC4CC(CC(C4)C2)C3)[C@H]1c1cccc(F)c1. The predicted molar refractivity (Wildman–Crippen MR) is 103 cm³/mol. The van der Waals surface area contributed by atoms with Gasteiger partial charge in [0.25, 0.3) is 0 Å². The Labute approximate surface area is 163 Å². The third-order valence-electron chi connectivity index (χ3n) is 7.28. The third-order valence-corrected chi connectivity index (χ3v) is 8.49. The number of halogens is 1. The summed E-state index contributed by atoms with van der Waals surface area (Å²) in [5.74, 6) is 1.52. The van der Waals surface area contributed by atoms with Crippen LogP contribution in [0.2, 0.25) is 0 Å². The molecular formula is C22H23FN2OS. The van der Waals surface area contributed by atoms with E-state index in [0.29, 0.717) is 33.9 Å². The lowest BCUT2D eigenvalue weighted by molar-refractivity contribution is -0.143. The van der Waals surface area contributed by atoms with Crippen molar-refractivity contribution >= 4 is 17.5 Å². The van der Waals surface area contributed by atoms with E-state index in [4.69, 9.17) is 5.73 Å². The fraction of sp³-hybridized carbons (Fsp3) is 0.545. The number of carbonyl (C=O) groups excluding carboxylic acids is 1. The minimum atomic E-state index is -0.434. The molecule has 2 N–H and O–H groups in total. The Bertz CT molecular complexity index is 851. The molecule has 6 rings (SSSR count). The van der Waals surface area contributed by atoms with Crippen LogP contribution in [0.1, 0.15) is 50.0 Å². The number of rotatable bonds is 3. The zero-order chi connectivity index (χ0) is 18.8. The average molecular weight is 383 g/mol. The van der Waals surface area contributed by atoms with Crippen LogP contribution < -0.4 is 5.73 Å². The highest BCUT2D eigenvalue weighted by atomic mass is 32.2. The van der Waals surface area contributed by atoms with Crippen LogP contribution in [0.15, 0.2) is 34.9 Å². The molecule has 0 spiro atoms. The highest BCUT2D eigenvalue weighted by Crippen LogP contribution is 2.62. The Morgan fingerprint density at radius 3 is 2.37 bits per heavy atom. The monoisotopic (exact) mass is 382 g/mol. The Kier molecular flexibility index (Phi) is 3.91. The Morgan fingerprint density at radius 1 is 1.19 bits per heavy atom. The fourth-order valence-corrected chi connectivity index (χ4v) is 8.02. The molecule has 140 valence electrons. The van der Waals surface area contributed by atoms with Gasteiger partial charge in [0.1, 0.15) is 5.82 Å². The topological polar surface area (TPSA) is 66.9 Å². The molecule has 4 bridgehead atoms. The Morgan fingerprint density at radius 2 is 1.81 bits per heavy atom. The van der Waals surface area contributed by atoms with Gasteiger partial charge >= 0.3 is 0 Å². The molecule has 1 aromatic rings. The molecule has 4 aliphatic carbocycles. The third kappa shape index (κ3) is 2.64. The number of nitriles is 1. The van der Waals surface area contributed by atoms with Crippen molar-refractivity contribution in [1.29, 1.82) is 5.26 Å². The lowest BCUT2D eigenvalue weighted by atomic mass is 9.48. The van der Waals surface area contributed by atoms with Crippen LogP contribution in [0.4, 0.5) is 4.39 Å². The molecule has 27 heavy (non-hydrogen) atoms. The number of Topliss-reactive ketones (excluding diaryl/α,β-unsaturated/α-hetero) is 1. The van der Waals surface area contributed by atoms with Crippen LogP contribution in [0.3, 0.4) is 0 Å². The van der Waals surface area contributed by atoms with Gasteiger partial charge < -0.3 is 5.73 Å². The van der Waals surface area contributed by atoms with Crippen molar-refractivity contribution in [3.63, 3.8) is 0 Å². The summed E-state index contributed by atoms with van der Waals surface area (Å²) >= 11 is 1.33. The summed E-state index contributed by atoms with van der Waals surface area (Å²) in [6.45, 7) is 0. The normalized spacial score (nSPS) is 39.6. The summed E-state index contributed by atoms with van der Waals surface area (Å²) in [5, 5.41) is 9.69. The first-order valence-corrected chi connectivity index (χ1v) is 10.7. The molecule has 0 amide bonds. The largest absolute Gasteiger partial charge is 0.393 e. The van der Waals surface area contributed by atoms with Gasteiger partial charge in [0, 0.05) is 11.3 Å². The van der Waals surface area contributed by atoms with E-state index in [0.717, 1.165) is 19.3 Å². The van der Waals surface area contributed by atoms with Gasteiger partial charge in [0.15, 0.2) is 5.78 Å². The highest BCUT2D eigenvalue weighted by Gasteiger charge is 2.57. The van der Waals surface area contributed by atoms with Gasteiger partial charge in [-0.3, -0.25) is 4.79 Å². The maximum Gasteiger partial charge on any atom is 0.153 e. The molecule has 1 aromatic carbocycles. The van der Waals surface area contributed by atoms with Crippen LogP contribution in [0.5, 0.6) is 0 Å². The molecule has 0 aromatic heterocycles. The second kappa shape index (κ2) is 6.10. The first-order chi connectivity index (χ1) is 13.0. The van der Waals surface area contributed by atoms with Crippen molar-refractivity contribution in [1.82, 2.24) is 0 Å². The number of thioether (sulfide) groups is 1. The highest BCUT2D eigenvalue weighted by molar-refractivity contribution is 8.04. The summed E-state index contributed by atoms with van der Waals surface area (Å²) in [4.78, 5) is 13.9. The van der Waals surface area contributed by atoms with Crippen LogP contribution in [-0.2, 0) is 4.79 Å². The standard InChI is InChI=1S/C22H23FN2OS/c23-16-3-1-2-15(7-16)18-17(11-24)21(25)27-19(18)20(26)22-8-12-4-13(9-22)6-14(5-12)10-22/h1-3,7,12-14,18-19H,4-6,8-10,25H2/t12?,13?,14?,18-,19-,22?/m0/s1. The number of benzene rings is 1. The van der Waals surface area contributed by atoms with E-state index in [2.05, 4.69) is 6.07 Å². The van der Waals surface area contributed by atoms with Crippen molar-refractivity contribution in [3.05, 3.63) is 46.2 Å². The number of hydrogen-bond donors (Lipinski definition) is 1. The molecule has 0 saturated heterocycles. The minimum absolute atomic E-state index is 0.247. The van der Waals surface area contributed by atoms with Crippen molar-refractivity contribution in [2.75, 3.05) is 0 Å². The number of nitrogens with two attached hydrogens (primary N) is 1. The maximum absolute atomic E-state index is 13.9. The molecule has 5 aliphatic rings. The fourth-order valence-electron chi connectivity index (χ4n) is 6.66. The quantitative estimate of drug-likeness (QED) is 0.835.